The molecule has 5 heteroatoms. The molecule has 1 aromatic rings. The first-order valence-corrected chi connectivity index (χ1v) is 3.92. The summed E-state index contributed by atoms with van der Waals surface area (Å²) in [6.45, 7) is 1.89. The van der Waals surface area contributed by atoms with Gasteiger partial charge in [0.25, 0.3) is 5.69 Å². The number of hydrogen-bond donors (Lipinski definition) is 1. The smallest absolute Gasteiger partial charge is 0.272 e. The zero-order valence-electron chi connectivity index (χ0n) is 7.52. The van der Waals surface area contributed by atoms with Gasteiger partial charge >= 0.3 is 0 Å². The van der Waals surface area contributed by atoms with Gasteiger partial charge in [0.1, 0.15) is 0 Å². The number of nitrogens with zero attached hydrogens (tertiary/aromatic N) is 2. The first-order chi connectivity index (χ1) is 6.15. The van der Waals surface area contributed by atoms with E-state index in [9.17, 15) is 10.1 Å². The molecule has 1 aromatic heterocycles. The SMILES string of the molecule is CNC(C)c1cc([N+](=O)[O-])ccn1. The maximum absolute atomic E-state index is 10.4. The lowest BCUT2D eigenvalue weighted by Gasteiger charge is -2.07. The van der Waals surface area contributed by atoms with Crippen LogP contribution in [-0.2, 0) is 0 Å². The number of nitro groups is 1. The Morgan fingerprint density at radius 3 is 2.92 bits per heavy atom. The van der Waals surface area contributed by atoms with Crippen molar-refractivity contribution in [3.8, 4) is 0 Å². The fourth-order valence-corrected chi connectivity index (χ4v) is 0.935. The summed E-state index contributed by atoms with van der Waals surface area (Å²) in [4.78, 5) is 14.0. The molecule has 1 unspecified atom stereocenters. The average molecular weight is 181 g/mol. The Morgan fingerprint density at radius 2 is 2.38 bits per heavy atom. The molecule has 0 aliphatic carbocycles. The number of nitrogens with one attached hydrogen (secondary N) is 1. The van der Waals surface area contributed by atoms with Crippen molar-refractivity contribution in [2.75, 3.05) is 7.05 Å². The average Bonchev–Trinajstić information content (AvgIpc) is 2.17. The van der Waals surface area contributed by atoms with Gasteiger partial charge in [-0.3, -0.25) is 15.1 Å². The molecule has 0 bridgehead atoms. The predicted molar refractivity (Wildman–Crippen MR) is 48.4 cm³/mol. The van der Waals surface area contributed by atoms with Gasteiger partial charge in [0.15, 0.2) is 0 Å². The van der Waals surface area contributed by atoms with Gasteiger partial charge < -0.3 is 5.32 Å². The van der Waals surface area contributed by atoms with Crippen molar-refractivity contribution in [1.82, 2.24) is 10.3 Å². The van der Waals surface area contributed by atoms with Gasteiger partial charge in [0, 0.05) is 24.4 Å². The first kappa shape index (κ1) is 9.60. The van der Waals surface area contributed by atoms with Crippen molar-refractivity contribution in [3.63, 3.8) is 0 Å². The second-order valence-corrected chi connectivity index (χ2v) is 2.71. The lowest BCUT2D eigenvalue weighted by Crippen LogP contribution is -2.13. The molecule has 0 aliphatic heterocycles. The normalized spacial score (nSPS) is 12.5. The van der Waals surface area contributed by atoms with Crippen LogP contribution in [0.4, 0.5) is 5.69 Å². The van der Waals surface area contributed by atoms with E-state index in [1.165, 1.54) is 18.3 Å². The minimum atomic E-state index is -0.423. The molecule has 0 fully saturated rings. The van der Waals surface area contributed by atoms with E-state index in [2.05, 4.69) is 10.3 Å². The van der Waals surface area contributed by atoms with Gasteiger partial charge in [-0.15, -0.1) is 0 Å². The van der Waals surface area contributed by atoms with Crippen LogP contribution < -0.4 is 5.32 Å². The minimum absolute atomic E-state index is 0.0277. The van der Waals surface area contributed by atoms with Gasteiger partial charge in [-0.05, 0) is 14.0 Å². The van der Waals surface area contributed by atoms with Crippen molar-refractivity contribution in [3.05, 3.63) is 34.1 Å². The fraction of sp³-hybridized carbons (Fsp3) is 0.375. The number of rotatable bonds is 3. The van der Waals surface area contributed by atoms with E-state index in [-0.39, 0.29) is 11.7 Å². The maximum atomic E-state index is 10.4. The highest BCUT2D eigenvalue weighted by Crippen LogP contribution is 2.15. The van der Waals surface area contributed by atoms with Crippen molar-refractivity contribution in [2.24, 2.45) is 0 Å². The minimum Gasteiger partial charge on any atom is -0.312 e. The van der Waals surface area contributed by atoms with Crippen LogP contribution in [-0.4, -0.2) is 17.0 Å². The Labute approximate surface area is 75.9 Å². The van der Waals surface area contributed by atoms with Crippen molar-refractivity contribution >= 4 is 5.69 Å². The number of aromatic nitrogens is 1. The fourth-order valence-electron chi connectivity index (χ4n) is 0.935. The van der Waals surface area contributed by atoms with E-state index in [4.69, 9.17) is 0 Å². The Kier molecular flexibility index (Phi) is 2.92. The number of hydrogen-bond acceptors (Lipinski definition) is 4. The highest BCUT2D eigenvalue weighted by Gasteiger charge is 2.10. The molecule has 5 nitrogen and oxygen atoms in total. The molecule has 1 rings (SSSR count). The van der Waals surface area contributed by atoms with Crippen molar-refractivity contribution in [1.29, 1.82) is 0 Å². The molecule has 1 N–H and O–H groups in total. The standard InChI is InChI=1S/C8H11N3O2/c1-6(9-2)8-5-7(11(12)13)3-4-10-8/h3-6,9H,1-2H3. The van der Waals surface area contributed by atoms with E-state index < -0.39 is 4.92 Å². The summed E-state index contributed by atoms with van der Waals surface area (Å²) in [7, 11) is 1.78. The quantitative estimate of drug-likeness (QED) is 0.563. The lowest BCUT2D eigenvalue weighted by atomic mass is 10.2. The molecule has 0 aliphatic rings. The summed E-state index contributed by atoms with van der Waals surface area (Å²) < 4.78 is 0. The summed E-state index contributed by atoms with van der Waals surface area (Å²) in [5.74, 6) is 0. The third kappa shape index (κ3) is 2.22. The van der Waals surface area contributed by atoms with E-state index in [0.717, 1.165) is 0 Å². The predicted octanol–water partition coefficient (Wildman–Crippen LogP) is 1.27. The Hall–Kier alpha value is -1.49. The van der Waals surface area contributed by atoms with Crippen LogP contribution in [0.15, 0.2) is 18.3 Å². The molecular weight excluding hydrogens is 170 g/mol. The van der Waals surface area contributed by atoms with Crippen LogP contribution in [0.5, 0.6) is 0 Å². The summed E-state index contributed by atoms with van der Waals surface area (Å²) in [6.07, 6.45) is 1.45. The van der Waals surface area contributed by atoms with Crippen molar-refractivity contribution < 1.29 is 4.92 Å². The molecule has 0 amide bonds. The van der Waals surface area contributed by atoms with Crippen LogP contribution >= 0.6 is 0 Å². The van der Waals surface area contributed by atoms with Crippen LogP contribution in [0.1, 0.15) is 18.7 Å². The Bertz CT molecular complexity index is 314. The highest BCUT2D eigenvalue weighted by atomic mass is 16.6. The van der Waals surface area contributed by atoms with E-state index in [1.54, 1.807) is 7.05 Å². The van der Waals surface area contributed by atoms with Crippen LogP contribution in [0.2, 0.25) is 0 Å². The number of pyridine rings is 1. The molecule has 13 heavy (non-hydrogen) atoms. The molecule has 0 saturated heterocycles. The van der Waals surface area contributed by atoms with E-state index in [0.29, 0.717) is 5.69 Å². The molecule has 0 radical (unpaired) electrons. The monoisotopic (exact) mass is 181 g/mol. The Morgan fingerprint density at radius 1 is 1.69 bits per heavy atom. The summed E-state index contributed by atoms with van der Waals surface area (Å²) in [5, 5.41) is 13.4. The zero-order chi connectivity index (χ0) is 9.84. The molecule has 1 heterocycles. The van der Waals surface area contributed by atoms with Crippen LogP contribution in [0, 0.1) is 10.1 Å². The summed E-state index contributed by atoms with van der Waals surface area (Å²) in [5.41, 5.74) is 0.754. The van der Waals surface area contributed by atoms with Crippen LogP contribution in [0.3, 0.4) is 0 Å². The maximum Gasteiger partial charge on any atom is 0.272 e. The Balaban J connectivity index is 2.98. The first-order valence-electron chi connectivity index (χ1n) is 3.92. The van der Waals surface area contributed by atoms with Gasteiger partial charge in [-0.1, -0.05) is 0 Å². The largest absolute Gasteiger partial charge is 0.312 e. The van der Waals surface area contributed by atoms with Gasteiger partial charge in [0.2, 0.25) is 0 Å². The zero-order valence-corrected chi connectivity index (χ0v) is 7.52. The van der Waals surface area contributed by atoms with Gasteiger partial charge in [-0.2, -0.15) is 0 Å². The molecule has 0 spiro atoms. The third-order valence-electron chi connectivity index (χ3n) is 1.85. The lowest BCUT2D eigenvalue weighted by molar-refractivity contribution is -0.385. The van der Waals surface area contributed by atoms with E-state index >= 15 is 0 Å². The summed E-state index contributed by atoms with van der Waals surface area (Å²) >= 11 is 0. The van der Waals surface area contributed by atoms with Crippen LogP contribution in [0.25, 0.3) is 0 Å². The van der Waals surface area contributed by atoms with E-state index in [1.807, 2.05) is 6.92 Å². The van der Waals surface area contributed by atoms with Gasteiger partial charge in [-0.25, -0.2) is 0 Å². The second-order valence-electron chi connectivity index (χ2n) is 2.71. The van der Waals surface area contributed by atoms with Crippen molar-refractivity contribution in [2.45, 2.75) is 13.0 Å². The molecule has 70 valence electrons. The molecule has 0 saturated carbocycles. The molecular formula is C8H11N3O2. The third-order valence-corrected chi connectivity index (χ3v) is 1.85. The van der Waals surface area contributed by atoms with Gasteiger partial charge in [0.05, 0.1) is 10.6 Å². The molecule has 0 aromatic carbocycles. The molecule has 1 atom stereocenters. The second kappa shape index (κ2) is 3.95. The highest BCUT2D eigenvalue weighted by molar-refractivity contribution is 5.30. The topological polar surface area (TPSA) is 68.1 Å². The summed E-state index contributed by atoms with van der Waals surface area (Å²) in [6, 6.07) is 2.88.